The van der Waals surface area contributed by atoms with Crippen LogP contribution in [0, 0.1) is 17.8 Å². The van der Waals surface area contributed by atoms with E-state index in [2.05, 4.69) is 13.0 Å². The smallest absolute Gasteiger partial charge is 0.0895 e. The molecule has 3 nitrogen and oxygen atoms in total. The molecule has 0 radical (unpaired) electrons. The fourth-order valence-electron chi connectivity index (χ4n) is 4.87. The molecule has 1 aliphatic carbocycles. The van der Waals surface area contributed by atoms with Gasteiger partial charge >= 0.3 is 0 Å². The number of hydrogen-bond acceptors (Lipinski definition) is 4. The summed E-state index contributed by atoms with van der Waals surface area (Å²) in [5.74, 6) is 3.86. The molecular weight excluding hydrogens is 332 g/mol. The Hall–Kier alpha value is -0.450. The Bertz CT molecular complexity index is 470. The first kappa shape index (κ1) is 19.3. The number of fused-ring (bicyclic) bond motifs is 2. The average Bonchev–Trinajstić information content (AvgIpc) is 3.31. The van der Waals surface area contributed by atoms with E-state index >= 15 is 0 Å². The molecule has 4 heteroatoms. The second kappa shape index (κ2) is 9.48. The Kier molecular flexibility index (Phi) is 7.32. The Labute approximate surface area is 156 Å². The third kappa shape index (κ3) is 5.27. The SMILES string of the molecule is CCSC/C=C(/O)C[C@@H]1[C@H](/C=C/C(O)CC2CCCC2)[C@@H]2CC[C@H]1O2. The molecule has 0 aromatic heterocycles. The second-order valence-electron chi connectivity index (χ2n) is 7.93. The van der Waals surface area contributed by atoms with Crippen LogP contribution in [0.5, 0.6) is 0 Å². The van der Waals surface area contributed by atoms with Gasteiger partial charge in [-0.25, -0.2) is 0 Å². The van der Waals surface area contributed by atoms with Crippen molar-refractivity contribution in [2.45, 2.75) is 76.6 Å². The van der Waals surface area contributed by atoms with Gasteiger partial charge in [0, 0.05) is 24.0 Å². The number of allylic oxidation sites excluding steroid dienone is 1. The number of aliphatic hydroxyl groups is 2. The number of thioether (sulfide) groups is 1. The molecule has 0 aromatic rings. The van der Waals surface area contributed by atoms with E-state index in [1.165, 1.54) is 25.7 Å². The maximum absolute atomic E-state index is 10.4. The quantitative estimate of drug-likeness (QED) is 0.347. The first-order chi connectivity index (χ1) is 12.2. The molecule has 5 atom stereocenters. The van der Waals surface area contributed by atoms with E-state index in [9.17, 15) is 10.2 Å². The summed E-state index contributed by atoms with van der Waals surface area (Å²) >= 11 is 1.82. The van der Waals surface area contributed by atoms with Crippen LogP contribution < -0.4 is 0 Å². The highest BCUT2D eigenvalue weighted by atomic mass is 32.2. The number of ether oxygens (including phenoxy) is 1. The zero-order valence-corrected chi connectivity index (χ0v) is 16.3. The minimum atomic E-state index is -0.326. The molecule has 25 heavy (non-hydrogen) atoms. The van der Waals surface area contributed by atoms with Gasteiger partial charge in [-0.05, 0) is 37.0 Å². The summed E-state index contributed by atoms with van der Waals surface area (Å²) in [5.41, 5.74) is 0. The molecule has 3 aliphatic rings. The normalized spacial score (nSPS) is 34.4. The van der Waals surface area contributed by atoms with Crippen molar-refractivity contribution < 1.29 is 14.9 Å². The standard InChI is InChI=1S/C21H34O3S/c1-2-25-12-11-17(23)14-19-18(20-9-10-21(19)24-20)8-7-16(22)13-15-5-3-4-6-15/h7-8,11,15-16,18-23H,2-6,9-10,12-14H2,1H3/b8-7+,17-11+/t16?,18-,19+,20-,21+/m0/s1. The van der Waals surface area contributed by atoms with Crippen molar-refractivity contribution >= 4 is 11.8 Å². The molecule has 2 saturated heterocycles. The maximum atomic E-state index is 10.4. The largest absolute Gasteiger partial charge is 0.513 e. The average molecular weight is 367 g/mol. The first-order valence-corrected chi connectivity index (χ1v) is 11.3. The van der Waals surface area contributed by atoms with Gasteiger partial charge in [0.25, 0.3) is 0 Å². The Morgan fingerprint density at radius 2 is 1.96 bits per heavy atom. The highest BCUT2D eigenvalue weighted by Gasteiger charge is 2.47. The van der Waals surface area contributed by atoms with Crippen molar-refractivity contribution in [1.82, 2.24) is 0 Å². The van der Waals surface area contributed by atoms with E-state index in [0.717, 1.165) is 30.8 Å². The summed E-state index contributed by atoms with van der Waals surface area (Å²) < 4.78 is 6.11. The van der Waals surface area contributed by atoms with Gasteiger partial charge in [0.05, 0.1) is 24.1 Å². The van der Waals surface area contributed by atoms with Crippen molar-refractivity contribution in [2.75, 3.05) is 11.5 Å². The van der Waals surface area contributed by atoms with Crippen molar-refractivity contribution in [1.29, 1.82) is 0 Å². The van der Waals surface area contributed by atoms with Gasteiger partial charge in [-0.15, -0.1) is 0 Å². The van der Waals surface area contributed by atoms with Crippen LogP contribution in [0.3, 0.4) is 0 Å². The van der Waals surface area contributed by atoms with E-state index in [0.29, 0.717) is 29.9 Å². The zero-order chi connectivity index (χ0) is 17.6. The molecule has 2 aliphatic heterocycles. The summed E-state index contributed by atoms with van der Waals surface area (Å²) in [6.45, 7) is 2.14. The number of aliphatic hydroxyl groups excluding tert-OH is 2. The van der Waals surface area contributed by atoms with Crippen LogP contribution in [0.4, 0.5) is 0 Å². The Morgan fingerprint density at radius 3 is 2.72 bits per heavy atom. The molecule has 1 saturated carbocycles. The fraction of sp³-hybridized carbons (Fsp3) is 0.810. The topological polar surface area (TPSA) is 49.7 Å². The third-order valence-electron chi connectivity index (χ3n) is 6.18. The van der Waals surface area contributed by atoms with Crippen molar-refractivity contribution in [2.24, 2.45) is 17.8 Å². The summed E-state index contributed by atoms with van der Waals surface area (Å²) in [6.07, 6.45) is 15.4. The monoisotopic (exact) mass is 366 g/mol. The van der Waals surface area contributed by atoms with Crippen molar-refractivity contribution in [3.05, 3.63) is 24.0 Å². The first-order valence-electron chi connectivity index (χ1n) is 10.1. The van der Waals surface area contributed by atoms with E-state index < -0.39 is 0 Å². The Morgan fingerprint density at radius 1 is 1.20 bits per heavy atom. The van der Waals surface area contributed by atoms with Crippen LogP contribution in [-0.4, -0.2) is 40.0 Å². The van der Waals surface area contributed by atoms with Crippen molar-refractivity contribution in [3.8, 4) is 0 Å². The van der Waals surface area contributed by atoms with Gasteiger partial charge in [-0.1, -0.05) is 44.8 Å². The van der Waals surface area contributed by atoms with E-state index in [1.807, 2.05) is 23.9 Å². The van der Waals surface area contributed by atoms with Crippen LogP contribution in [0.25, 0.3) is 0 Å². The molecule has 3 fully saturated rings. The van der Waals surface area contributed by atoms with Gasteiger partial charge in [0.1, 0.15) is 0 Å². The lowest BCUT2D eigenvalue weighted by Gasteiger charge is -2.26. The molecule has 1 unspecified atom stereocenters. The Balaban J connectivity index is 1.54. The zero-order valence-electron chi connectivity index (χ0n) is 15.5. The van der Waals surface area contributed by atoms with Gasteiger partial charge in [-0.2, -0.15) is 11.8 Å². The highest BCUT2D eigenvalue weighted by Crippen LogP contribution is 2.46. The maximum Gasteiger partial charge on any atom is 0.0895 e. The number of hydrogen-bond donors (Lipinski definition) is 2. The molecule has 2 bridgehead atoms. The molecule has 142 valence electrons. The minimum absolute atomic E-state index is 0.279. The van der Waals surface area contributed by atoms with Gasteiger partial charge in [0.2, 0.25) is 0 Å². The van der Waals surface area contributed by atoms with Gasteiger partial charge in [-0.3, -0.25) is 0 Å². The van der Waals surface area contributed by atoms with Crippen LogP contribution >= 0.6 is 11.8 Å². The molecule has 3 rings (SSSR count). The number of rotatable bonds is 9. The molecule has 2 N–H and O–H groups in total. The van der Waals surface area contributed by atoms with Gasteiger partial charge in [0.15, 0.2) is 0 Å². The molecule has 0 amide bonds. The minimum Gasteiger partial charge on any atom is -0.513 e. The lowest BCUT2D eigenvalue weighted by atomic mass is 9.76. The summed E-state index contributed by atoms with van der Waals surface area (Å²) in [7, 11) is 0. The molecular formula is C21H34O3S. The molecule has 2 heterocycles. The third-order valence-corrected chi connectivity index (χ3v) is 6.99. The fourth-order valence-corrected chi connectivity index (χ4v) is 5.41. The molecule has 0 spiro atoms. The van der Waals surface area contributed by atoms with Gasteiger partial charge < -0.3 is 14.9 Å². The lowest BCUT2D eigenvalue weighted by molar-refractivity contribution is 0.0883. The summed E-state index contributed by atoms with van der Waals surface area (Å²) in [6, 6.07) is 0. The van der Waals surface area contributed by atoms with Crippen LogP contribution in [0.2, 0.25) is 0 Å². The van der Waals surface area contributed by atoms with E-state index in [-0.39, 0.29) is 18.3 Å². The highest BCUT2D eigenvalue weighted by molar-refractivity contribution is 7.99. The summed E-state index contributed by atoms with van der Waals surface area (Å²) in [4.78, 5) is 0. The predicted molar refractivity (Wildman–Crippen MR) is 105 cm³/mol. The van der Waals surface area contributed by atoms with Crippen molar-refractivity contribution in [3.63, 3.8) is 0 Å². The van der Waals surface area contributed by atoms with E-state index in [1.54, 1.807) is 0 Å². The predicted octanol–water partition coefficient (Wildman–Crippen LogP) is 4.86. The van der Waals surface area contributed by atoms with E-state index in [4.69, 9.17) is 4.74 Å². The lowest BCUT2D eigenvalue weighted by Crippen LogP contribution is -2.26. The van der Waals surface area contributed by atoms with Crippen LogP contribution in [0.1, 0.15) is 58.3 Å². The van der Waals surface area contributed by atoms with Crippen LogP contribution in [0.15, 0.2) is 24.0 Å². The molecule has 0 aromatic carbocycles. The second-order valence-corrected chi connectivity index (χ2v) is 9.25. The van der Waals surface area contributed by atoms with Crippen LogP contribution in [-0.2, 0) is 4.74 Å². The summed E-state index contributed by atoms with van der Waals surface area (Å²) in [5, 5.41) is 20.6.